The van der Waals surface area contributed by atoms with Crippen molar-refractivity contribution >= 4 is 11.7 Å². The van der Waals surface area contributed by atoms with Gasteiger partial charge in [0.05, 0.1) is 6.10 Å². The number of aromatic nitrogens is 2. The van der Waals surface area contributed by atoms with Crippen molar-refractivity contribution in [3.05, 3.63) is 11.8 Å². The summed E-state index contributed by atoms with van der Waals surface area (Å²) in [6.07, 6.45) is 0.231. The number of aliphatic hydroxyl groups is 1. The molecule has 6 nitrogen and oxygen atoms in total. The molecule has 2 heterocycles. The lowest BCUT2D eigenvalue weighted by atomic mass is 10.3. The van der Waals surface area contributed by atoms with Crippen molar-refractivity contribution < 1.29 is 9.90 Å². The average Bonchev–Trinajstić information content (AvgIpc) is 2.73. The Morgan fingerprint density at radius 2 is 2.57 bits per heavy atom. The van der Waals surface area contributed by atoms with Crippen molar-refractivity contribution in [2.75, 3.05) is 18.8 Å². The summed E-state index contributed by atoms with van der Waals surface area (Å²) >= 11 is 0. The minimum absolute atomic E-state index is 0.161. The quantitative estimate of drug-likeness (QED) is 0.548. The number of carbonyl (C=O) groups excluding carboxylic acids is 1. The second-order valence-corrected chi connectivity index (χ2v) is 3.40. The molecule has 6 heteroatoms. The van der Waals surface area contributed by atoms with E-state index in [9.17, 15) is 9.90 Å². The van der Waals surface area contributed by atoms with Crippen molar-refractivity contribution in [2.24, 2.45) is 0 Å². The molecular formula is C8H12N4O2. The minimum atomic E-state index is -0.404. The third-order valence-corrected chi connectivity index (χ3v) is 2.28. The molecule has 0 aromatic carbocycles. The summed E-state index contributed by atoms with van der Waals surface area (Å²) in [5.74, 6) is 0.138. The maximum Gasteiger partial charge on any atom is 0.272 e. The highest BCUT2D eigenvalue weighted by Gasteiger charge is 2.26. The van der Waals surface area contributed by atoms with Gasteiger partial charge in [0.2, 0.25) is 0 Å². The number of aliphatic hydroxyl groups excluding tert-OH is 1. The molecule has 1 aliphatic rings. The molecule has 1 fully saturated rings. The van der Waals surface area contributed by atoms with Gasteiger partial charge in [-0.25, -0.2) is 0 Å². The molecule has 1 amide bonds. The van der Waals surface area contributed by atoms with Crippen LogP contribution in [0, 0.1) is 0 Å². The number of hydrogen-bond acceptors (Lipinski definition) is 4. The first-order valence-corrected chi connectivity index (χ1v) is 4.45. The van der Waals surface area contributed by atoms with Gasteiger partial charge >= 0.3 is 0 Å². The van der Waals surface area contributed by atoms with Crippen molar-refractivity contribution in [1.29, 1.82) is 0 Å². The van der Waals surface area contributed by atoms with Gasteiger partial charge in [-0.15, -0.1) is 0 Å². The number of hydrogen-bond donors (Lipinski definition) is 3. The molecule has 1 aliphatic heterocycles. The highest BCUT2D eigenvalue weighted by atomic mass is 16.3. The van der Waals surface area contributed by atoms with Gasteiger partial charge in [0.15, 0.2) is 0 Å². The first-order chi connectivity index (χ1) is 6.66. The number of anilines is 1. The Bertz CT molecular complexity index is 349. The van der Waals surface area contributed by atoms with E-state index in [1.54, 1.807) is 4.90 Å². The number of β-amino-alcohol motifs (C(OH)–C–C–N with tert-alkyl or cyclic N) is 1. The van der Waals surface area contributed by atoms with Crippen LogP contribution >= 0.6 is 0 Å². The van der Waals surface area contributed by atoms with Gasteiger partial charge in [0.1, 0.15) is 11.5 Å². The Balaban J connectivity index is 2.09. The van der Waals surface area contributed by atoms with Crippen LogP contribution in [0.4, 0.5) is 5.82 Å². The summed E-state index contributed by atoms with van der Waals surface area (Å²) in [6, 6.07) is 1.49. The largest absolute Gasteiger partial charge is 0.391 e. The summed E-state index contributed by atoms with van der Waals surface area (Å²) in [7, 11) is 0. The van der Waals surface area contributed by atoms with Crippen molar-refractivity contribution in [1.82, 2.24) is 15.1 Å². The highest BCUT2D eigenvalue weighted by molar-refractivity contribution is 5.93. The fourth-order valence-electron chi connectivity index (χ4n) is 1.54. The van der Waals surface area contributed by atoms with Crippen molar-refractivity contribution in [3.63, 3.8) is 0 Å². The number of nitrogens with zero attached hydrogens (tertiary/aromatic N) is 2. The SMILES string of the molecule is Nc1cc(C(=O)N2CC[C@H](O)C2)[nH]n1. The van der Waals surface area contributed by atoms with Crippen LogP contribution in [0.5, 0.6) is 0 Å². The molecule has 1 atom stereocenters. The van der Waals surface area contributed by atoms with Crippen LogP contribution in [-0.4, -0.2) is 45.3 Å². The maximum absolute atomic E-state index is 11.7. The normalized spacial score (nSPS) is 21.5. The maximum atomic E-state index is 11.7. The van der Waals surface area contributed by atoms with Crippen LogP contribution in [0.3, 0.4) is 0 Å². The summed E-state index contributed by atoms with van der Waals surface area (Å²) in [6.45, 7) is 0.969. The van der Waals surface area contributed by atoms with E-state index in [2.05, 4.69) is 10.2 Å². The van der Waals surface area contributed by atoms with Crippen LogP contribution in [-0.2, 0) is 0 Å². The zero-order valence-electron chi connectivity index (χ0n) is 7.60. The second kappa shape index (κ2) is 3.30. The number of amides is 1. The van der Waals surface area contributed by atoms with Gasteiger partial charge < -0.3 is 15.7 Å². The molecule has 0 saturated carbocycles. The lowest BCUT2D eigenvalue weighted by Crippen LogP contribution is -2.29. The van der Waals surface area contributed by atoms with Crippen LogP contribution in [0.25, 0.3) is 0 Å². The average molecular weight is 196 g/mol. The molecule has 0 bridgehead atoms. The third kappa shape index (κ3) is 1.56. The highest BCUT2D eigenvalue weighted by Crippen LogP contribution is 2.12. The van der Waals surface area contributed by atoms with E-state index in [1.807, 2.05) is 0 Å². The van der Waals surface area contributed by atoms with Gasteiger partial charge in [-0.1, -0.05) is 0 Å². The smallest absolute Gasteiger partial charge is 0.272 e. The number of likely N-dealkylation sites (tertiary alicyclic amines) is 1. The van der Waals surface area contributed by atoms with Gasteiger partial charge in [-0.3, -0.25) is 9.89 Å². The van der Waals surface area contributed by atoms with Crippen LogP contribution < -0.4 is 5.73 Å². The number of H-pyrrole nitrogens is 1. The lowest BCUT2D eigenvalue weighted by Gasteiger charge is -2.13. The van der Waals surface area contributed by atoms with E-state index >= 15 is 0 Å². The van der Waals surface area contributed by atoms with Crippen LogP contribution in [0.2, 0.25) is 0 Å². The molecule has 1 aromatic rings. The predicted molar refractivity (Wildman–Crippen MR) is 49.5 cm³/mol. The van der Waals surface area contributed by atoms with Crippen LogP contribution in [0.15, 0.2) is 6.07 Å². The molecule has 4 N–H and O–H groups in total. The monoisotopic (exact) mass is 196 g/mol. The van der Waals surface area contributed by atoms with Crippen molar-refractivity contribution in [2.45, 2.75) is 12.5 Å². The van der Waals surface area contributed by atoms with E-state index in [4.69, 9.17) is 5.73 Å². The molecule has 0 spiro atoms. The number of nitrogens with one attached hydrogen (secondary N) is 1. The fraction of sp³-hybridized carbons (Fsp3) is 0.500. The van der Waals surface area contributed by atoms with E-state index in [0.29, 0.717) is 31.0 Å². The first kappa shape index (κ1) is 9.01. The van der Waals surface area contributed by atoms with Gasteiger partial charge in [-0.05, 0) is 6.42 Å². The zero-order chi connectivity index (χ0) is 10.1. The molecular weight excluding hydrogens is 184 g/mol. The summed E-state index contributed by atoms with van der Waals surface area (Å²) < 4.78 is 0. The Hall–Kier alpha value is -1.56. The molecule has 2 rings (SSSR count). The third-order valence-electron chi connectivity index (χ3n) is 2.28. The molecule has 0 aliphatic carbocycles. The molecule has 14 heavy (non-hydrogen) atoms. The lowest BCUT2D eigenvalue weighted by molar-refractivity contribution is 0.0759. The van der Waals surface area contributed by atoms with E-state index in [0.717, 1.165) is 0 Å². The number of nitrogen functional groups attached to an aromatic ring is 1. The number of carbonyl (C=O) groups is 1. The first-order valence-electron chi connectivity index (χ1n) is 4.45. The van der Waals surface area contributed by atoms with E-state index < -0.39 is 6.10 Å². The van der Waals surface area contributed by atoms with Crippen LogP contribution in [0.1, 0.15) is 16.9 Å². The summed E-state index contributed by atoms with van der Waals surface area (Å²) in [4.78, 5) is 13.3. The Kier molecular flexibility index (Phi) is 2.12. The molecule has 1 aromatic heterocycles. The van der Waals surface area contributed by atoms with Gasteiger partial charge in [0.25, 0.3) is 5.91 Å². The molecule has 1 saturated heterocycles. The van der Waals surface area contributed by atoms with Gasteiger partial charge in [0, 0.05) is 19.2 Å². The topological polar surface area (TPSA) is 95.2 Å². The fourth-order valence-corrected chi connectivity index (χ4v) is 1.54. The minimum Gasteiger partial charge on any atom is -0.391 e. The number of aromatic amines is 1. The number of rotatable bonds is 1. The van der Waals surface area contributed by atoms with E-state index in [-0.39, 0.29) is 5.91 Å². The molecule has 76 valence electrons. The second-order valence-electron chi connectivity index (χ2n) is 3.40. The standard InChI is InChI=1S/C8H12N4O2/c9-7-3-6(10-11-7)8(14)12-2-1-5(13)4-12/h3,5,13H,1-2,4H2,(H3,9,10,11)/t5-/m0/s1. The zero-order valence-corrected chi connectivity index (χ0v) is 7.60. The number of nitrogens with two attached hydrogens (primary N) is 1. The Morgan fingerprint density at radius 3 is 3.07 bits per heavy atom. The molecule has 0 radical (unpaired) electrons. The van der Waals surface area contributed by atoms with Gasteiger partial charge in [-0.2, -0.15) is 5.10 Å². The Labute approximate surface area is 80.7 Å². The van der Waals surface area contributed by atoms with E-state index in [1.165, 1.54) is 6.07 Å². The Morgan fingerprint density at radius 1 is 1.79 bits per heavy atom. The summed E-state index contributed by atoms with van der Waals surface area (Å²) in [5.41, 5.74) is 5.75. The van der Waals surface area contributed by atoms with Crippen molar-refractivity contribution in [3.8, 4) is 0 Å². The summed E-state index contributed by atoms with van der Waals surface area (Å²) in [5, 5.41) is 15.5. The molecule has 0 unspecified atom stereocenters. The predicted octanol–water partition coefficient (Wildman–Crippen LogP) is -0.801.